The molecule has 2 heterocycles. The van der Waals surface area contributed by atoms with Gasteiger partial charge in [0.1, 0.15) is 5.56 Å². The number of piperidine rings is 1. The average molecular weight is 253 g/mol. The molecule has 0 spiro atoms. The van der Waals surface area contributed by atoms with Crippen molar-refractivity contribution in [3.8, 4) is 0 Å². The molecular formula is C12H19N3O3. The third kappa shape index (κ3) is 2.54. The Morgan fingerprint density at radius 3 is 2.94 bits per heavy atom. The Bertz CT molecular complexity index is 444. The highest BCUT2D eigenvalue weighted by Gasteiger charge is 2.26. The summed E-state index contributed by atoms with van der Waals surface area (Å²) in [5.41, 5.74) is 0.926. The summed E-state index contributed by atoms with van der Waals surface area (Å²) in [6, 6.07) is 0. The highest BCUT2D eigenvalue weighted by atomic mass is 16.4. The zero-order chi connectivity index (χ0) is 13.3. The normalized spacial score (nSPS) is 25.3. The molecule has 2 rings (SSSR count). The number of aromatic nitrogens is 2. The Labute approximate surface area is 106 Å². The predicted octanol–water partition coefficient (Wildman–Crippen LogP) is 0.321. The van der Waals surface area contributed by atoms with Crippen LogP contribution in [0, 0.1) is 5.92 Å². The summed E-state index contributed by atoms with van der Waals surface area (Å²) in [5, 5.41) is 22.9. The molecule has 0 aliphatic carbocycles. The van der Waals surface area contributed by atoms with E-state index in [9.17, 15) is 9.90 Å². The second-order valence-corrected chi connectivity index (χ2v) is 5.00. The Hall–Kier alpha value is -1.40. The van der Waals surface area contributed by atoms with E-state index >= 15 is 0 Å². The second-order valence-electron chi connectivity index (χ2n) is 5.00. The van der Waals surface area contributed by atoms with Gasteiger partial charge in [-0.05, 0) is 18.9 Å². The lowest BCUT2D eigenvalue weighted by Gasteiger charge is -2.34. The number of carboxylic acid groups (broad SMARTS) is 1. The molecule has 6 heteroatoms. The van der Waals surface area contributed by atoms with Gasteiger partial charge in [-0.1, -0.05) is 6.92 Å². The zero-order valence-corrected chi connectivity index (χ0v) is 10.7. The maximum atomic E-state index is 11.1. The standard InChI is InChI=1S/C12H19N3O3/c1-8-3-4-15(7-11(8)16)6-10-9(12(17)18)5-13-14(10)2/h5,8,11,16H,3-4,6-7H2,1-2H3,(H,17,18). The number of rotatable bonds is 3. The molecule has 1 aromatic heterocycles. The lowest BCUT2D eigenvalue weighted by atomic mass is 9.96. The Balaban J connectivity index is 2.10. The minimum atomic E-state index is -0.955. The van der Waals surface area contributed by atoms with Crippen LogP contribution >= 0.6 is 0 Å². The van der Waals surface area contributed by atoms with Crippen LogP contribution in [0.15, 0.2) is 6.20 Å². The van der Waals surface area contributed by atoms with Gasteiger partial charge in [0.25, 0.3) is 0 Å². The fourth-order valence-corrected chi connectivity index (χ4v) is 2.30. The van der Waals surface area contributed by atoms with Gasteiger partial charge in [0.15, 0.2) is 0 Å². The van der Waals surface area contributed by atoms with Crippen molar-refractivity contribution < 1.29 is 15.0 Å². The van der Waals surface area contributed by atoms with Gasteiger partial charge in [0, 0.05) is 20.1 Å². The van der Waals surface area contributed by atoms with Crippen LogP contribution in [0.5, 0.6) is 0 Å². The summed E-state index contributed by atoms with van der Waals surface area (Å²) in [4.78, 5) is 13.1. The van der Waals surface area contributed by atoms with E-state index < -0.39 is 5.97 Å². The number of likely N-dealkylation sites (tertiary alicyclic amines) is 1. The molecule has 2 unspecified atom stereocenters. The molecule has 1 fully saturated rings. The first-order valence-corrected chi connectivity index (χ1v) is 6.13. The number of nitrogens with zero attached hydrogens (tertiary/aromatic N) is 3. The molecule has 0 bridgehead atoms. The molecule has 6 nitrogen and oxygen atoms in total. The highest BCUT2D eigenvalue weighted by Crippen LogP contribution is 2.20. The van der Waals surface area contributed by atoms with Gasteiger partial charge in [0.05, 0.1) is 18.0 Å². The summed E-state index contributed by atoms with van der Waals surface area (Å²) >= 11 is 0. The lowest BCUT2D eigenvalue weighted by Crippen LogP contribution is -2.42. The molecule has 0 saturated carbocycles. The fourth-order valence-electron chi connectivity index (χ4n) is 2.30. The third-order valence-electron chi connectivity index (χ3n) is 3.67. The van der Waals surface area contributed by atoms with Crippen LogP contribution in [-0.2, 0) is 13.6 Å². The number of β-amino-alcohol motifs (C(OH)–C–C–N with tert-alkyl or cyclic N) is 1. The van der Waals surface area contributed by atoms with Gasteiger partial charge in [-0.2, -0.15) is 5.10 Å². The van der Waals surface area contributed by atoms with E-state index in [1.165, 1.54) is 6.20 Å². The first-order chi connectivity index (χ1) is 8.49. The summed E-state index contributed by atoms with van der Waals surface area (Å²) in [7, 11) is 1.74. The van der Waals surface area contributed by atoms with Gasteiger partial charge in [-0.25, -0.2) is 4.79 Å². The summed E-state index contributed by atoms with van der Waals surface area (Å²) in [6.45, 7) is 4.02. The first-order valence-electron chi connectivity index (χ1n) is 6.13. The van der Waals surface area contributed by atoms with Crippen LogP contribution in [0.4, 0.5) is 0 Å². The van der Waals surface area contributed by atoms with Crippen LogP contribution in [0.25, 0.3) is 0 Å². The van der Waals surface area contributed by atoms with Crippen LogP contribution in [0.3, 0.4) is 0 Å². The number of hydrogen-bond donors (Lipinski definition) is 2. The largest absolute Gasteiger partial charge is 0.478 e. The van der Waals surface area contributed by atoms with Gasteiger partial charge < -0.3 is 10.2 Å². The minimum absolute atomic E-state index is 0.241. The molecule has 1 aliphatic heterocycles. The smallest absolute Gasteiger partial charge is 0.339 e. The molecule has 1 aliphatic rings. The van der Waals surface area contributed by atoms with E-state index in [0.29, 0.717) is 24.7 Å². The number of carbonyl (C=O) groups is 1. The third-order valence-corrected chi connectivity index (χ3v) is 3.67. The number of aliphatic hydroxyl groups excluding tert-OH is 1. The minimum Gasteiger partial charge on any atom is -0.478 e. The predicted molar refractivity (Wildman–Crippen MR) is 65.2 cm³/mol. The number of aryl methyl sites for hydroxylation is 1. The highest BCUT2D eigenvalue weighted by molar-refractivity contribution is 5.88. The molecule has 2 atom stereocenters. The number of aliphatic hydroxyl groups is 1. The van der Waals surface area contributed by atoms with Gasteiger partial charge in [-0.15, -0.1) is 0 Å². The van der Waals surface area contributed by atoms with E-state index in [4.69, 9.17) is 5.11 Å². The van der Waals surface area contributed by atoms with Crippen molar-refractivity contribution in [2.75, 3.05) is 13.1 Å². The van der Waals surface area contributed by atoms with Gasteiger partial charge in [0.2, 0.25) is 0 Å². The van der Waals surface area contributed by atoms with E-state index in [1.54, 1.807) is 11.7 Å². The quantitative estimate of drug-likeness (QED) is 0.811. The molecule has 1 aromatic rings. The zero-order valence-electron chi connectivity index (χ0n) is 10.7. The molecule has 1 saturated heterocycles. The van der Waals surface area contributed by atoms with Crippen molar-refractivity contribution >= 4 is 5.97 Å². The molecule has 0 amide bonds. The van der Waals surface area contributed by atoms with Crippen molar-refractivity contribution in [3.63, 3.8) is 0 Å². The topological polar surface area (TPSA) is 78.6 Å². The Morgan fingerprint density at radius 2 is 2.33 bits per heavy atom. The van der Waals surface area contributed by atoms with E-state index in [-0.39, 0.29) is 11.7 Å². The number of hydrogen-bond acceptors (Lipinski definition) is 4. The van der Waals surface area contributed by atoms with Crippen molar-refractivity contribution in [2.24, 2.45) is 13.0 Å². The van der Waals surface area contributed by atoms with Crippen molar-refractivity contribution in [2.45, 2.75) is 26.0 Å². The monoisotopic (exact) mass is 253 g/mol. The average Bonchev–Trinajstić information content (AvgIpc) is 2.66. The van der Waals surface area contributed by atoms with Gasteiger partial charge >= 0.3 is 5.97 Å². The summed E-state index contributed by atoms with van der Waals surface area (Å²) < 4.78 is 1.59. The fraction of sp³-hybridized carbons (Fsp3) is 0.667. The first kappa shape index (κ1) is 13.0. The van der Waals surface area contributed by atoms with Crippen LogP contribution < -0.4 is 0 Å². The number of aromatic carboxylic acids is 1. The molecule has 0 aromatic carbocycles. The maximum absolute atomic E-state index is 11.1. The maximum Gasteiger partial charge on any atom is 0.339 e. The summed E-state index contributed by atoms with van der Waals surface area (Å²) in [6.07, 6.45) is 1.97. The molecular weight excluding hydrogens is 234 g/mol. The second kappa shape index (κ2) is 5.07. The van der Waals surface area contributed by atoms with Crippen LogP contribution in [0.2, 0.25) is 0 Å². The van der Waals surface area contributed by atoms with Crippen molar-refractivity contribution in [1.82, 2.24) is 14.7 Å². The van der Waals surface area contributed by atoms with Gasteiger partial charge in [-0.3, -0.25) is 9.58 Å². The van der Waals surface area contributed by atoms with Crippen LogP contribution in [0.1, 0.15) is 29.4 Å². The van der Waals surface area contributed by atoms with E-state index in [1.807, 2.05) is 6.92 Å². The Morgan fingerprint density at radius 1 is 1.61 bits per heavy atom. The number of carboxylic acids is 1. The molecule has 100 valence electrons. The Kier molecular flexibility index (Phi) is 3.68. The van der Waals surface area contributed by atoms with Crippen molar-refractivity contribution in [1.29, 1.82) is 0 Å². The van der Waals surface area contributed by atoms with E-state index in [2.05, 4.69) is 10.00 Å². The SMILES string of the molecule is CC1CCN(Cc2c(C(=O)O)cnn2C)CC1O. The van der Waals surface area contributed by atoms with E-state index in [0.717, 1.165) is 13.0 Å². The molecule has 0 radical (unpaired) electrons. The lowest BCUT2D eigenvalue weighted by molar-refractivity contribution is 0.0248. The summed E-state index contributed by atoms with van der Waals surface area (Å²) in [5.74, 6) is -0.643. The molecule has 2 N–H and O–H groups in total. The van der Waals surface area contributed by atoms with Crippen molar-refractivity contribution in [3.05, 3.63) is 17.5 Å². The molecule has 18 heavy (non-hydrogen) atoms. The van der Waals surface area contributed by atoms with Crippen LogP contribution in [-0.4, -0.2) is 50.1 Å².